The molecule has 2 aromatic heterocycles. The van der Waals surface area contributed by atoms with Crippen LogP contribution in [0.1, 0.15) is 33.7 Å². The summed E-state index contributed by atoms with van der Waals surface area (Å²) in [6.07, 6.45) is 3.60. The number of hydrogen-bond donors (Lipinski definition) is 2. The molecule has 3 heterocycles. The number of amides is 1. The van der Waals surface area contributed by atoms with Crippen LogP contribution in [0.5, 0.6) is 5.75 Å². The highest BCUT2D eigenvalue weighted by atomic mass is 19.1. The quantitative estimate of drug-likeness (QED) is 0.438. The fourth-order valence-corrected chi connectivity index (χ4v) is 4.32. The third kappa shape index (κ3) is 4.19. The summed E-state index contributed by atoms with van der Waals surface area (Å²) in [5.41, 5.74) is 3.57. The first-order valence-electron chi connectivity index (χ1n) is 11.2. The average molecular weight is 463 g/mol. The molecule has 0 saturated heterocycles. The normalized spacial score (nSPS) is 15.0. The molecule has 6 nitrogen and oxygen atoms in total. The maximum absolute atomic E-state index is 14.0. The molecule has 0 saturated carbocycles. The van der Waals surface area contributed by atoms with Gasteiger partial charge in [0.15, 0.2) is 11.4 Å². The van der Waals surface area contributed by atoms with Crippen LogP contribution >= 0.6 is 0 Å². The molecule has 1 aliphatic rings. The van der Waals surface area contributed by atoms with Gasteiger partial charge in [-0.15, -0.1) is 0 Å². The molecule has 0 aliphatic carbocycles. The molecule has 34 heavy (non-hydrogen) atoms. The largest absolute Gasteiger partial charge is 0.485 e. The SMILES string of the molecule is Cc1nc2c(OCc3c(F)cccc3F)cccn2c1C(=O)NCC1CCc2ccccc2N1. The van der Waals surface area contributed by atoms with E-state index in [0.717, 1.165) is 18.5 Å². The Hall–Kier alpha value is -3.94. The summed E-state index contributed by atoms with van der Waals surface area (Å²) in [6.45, 7) is 1.93. The van der Waals surface area contributed by atoms with Gasteiger partial charge in [0, 0.05) is 24.5 Å². The van der Waals surface area contributed by atoms with Gasteiger partial charge in [-0.1, -0.05) is 24.3 Å². The molecular weight excluding hydrogens is 438 g/mol. The molecule has 1 amide bonds. The molecule has 174 valence electrons. The molecule has 2 aromatic carbocycles. The number of aryl methyl sites for hydroxylation is 2. The minimum atomic E-state index is -0.675. The first-order chi connectivity index (χ1) is 16.5. The predicted molar refractivity (Wildman–Crippen MR) is 125 cm³/mol. The lowest BCUT2D eigenvalue weighted by atomic mass is 9.98. The topological polar surface area (TPSA) is 67.7 Å². The Labute approximate surface area is 195 Å². The molecule has 1 atom stereocenters. The summed E-state index contributed by atoms with van der Waals surface area (Å²) < 4.78 is 35.3. The van der Waals surface area contributed by atoms with Crippen LogP contribution in [0.4, 0.5) is 14.5 Å². The molecule has 0 fully saturated rings. The predicted octanol–water partition coefficient (Wildman–Crippen LogP) is 4.66. The van der Waals surface area contributed by atoms with Gasteiger partial charge in [0.2, 0.25) is 0 Å². The third-order valence-electron chi connectivity index (χ3n) is 6.09. The number of halogens is 2. The molecule has 0 bridgehead atoms. The van der Waals surface area contributed by atoms with Crippen molar-refractivity contribution in [1.82, 2.24) is 14.7 Å². The zero-order valence-corrected chi connectivity index (χ0v) is 18.6. The van der Waals surface area contributed by atoms with E-state index in [0.29, 0.717) is 29.3 Å². The number of anilines is 1. The van der Waals surface area contributed by atoms with E-state index in [1.54, 1.807) is 29.7 Å². The van der Waals surface area contributed by atoms with E-state index in [2.05, 4.69) is 21.7 Å². The molecule has 0 radical (unpaired) electrons. The molecular formula is C26H24F2N4O2. The maximum Gasteiger partial charge on any atom is 0.270 e. The van der Waals surface area contributed by atoms with E-state index in [1.165, 1.54) is 23.8 Å². The monoisotopic (exact) mass is 462 g/mol. The minimum Gasteiger partial charge on any atom is -0.485 e. The van der Waals surface area contributed by atoms with Gasteiger partial charge in [-0.2, -0.15) is 0 Å². The smallest absolute Gasteiger partial charge is 0.270 e. The van der Waals surface area contributed by atoms with Crippen molar-refractivity contribution < 1.29 is 18.3 Å². The fraction of sp³-hybridized carbons (Fsp3) is 0.231. The Bertz CT molecular complexity index is 1350. The summed E-state index contributed by atoms with van der Waals surface area (Å²) in [7, 11) is 0. The van der Waals surface area contributed by atoms with E-state index in [4.69, 9.17) is 4.74 Å². The van der Waals surface area contributed by atoms with E-state index < -0.39 is 11.6 Å². The minimum absolute atomic E-state index is 0.132. The van der Waals surface area contributed by atoms with Gasteiger partial charge in [0.1, 0.15) is 23.9 Å². The number of pyridine rings is 1. The summed E-state index contributed by atoms with van der Waals surface area (Å²) in [5.74, 6) is -1.27. The Balaban J connectivity index is 1.31. The van der Waals surface area contributed by atoms with Gasteiger partial charge in [0.05, 0.1) is 11.3 Å². The number of aromatic nitrogens is 2. The Morgan fingerprint density at radius 2 is 1.94 bits per heavy atom. The highest BCUT2D eigenvalue weighted by Gasteiger charge is 2.22. The number of para-hydroxylation sites is 1. The van der Waals surface area contributed by atoms with E-state index in [-0.39, 0.29) is 24.1 Å². The van der Waals surface area contributed by atoms with Crippen LogP contribution in [-0.2, 0) is 13.0 Å². The Kier molecular flexibility index (Phi) is 5.88. The second kappa shape index (κ2) is 9.13. The Morgan fingerprint density at radius 3 is 2.76 bits per heavy atom. The van der Waals surface area contributed by atoms with Gasteiger partial charge >= 0.3 is 0 Å². The van der Waals surface area contributed by atoms with Crippen molar-refractivity contribution in [3.05, 3.63) is 94.9 Å². The van der Waals surface area contributed by atoms with Crippen molar-refractivity contribution in [2.24, 2.45) is 0 Å². The van der Waals surface area contributed by atoms with Crippen LogP contribution in [0.2, 0.25) is 0 Å². The molecule has 5 rings (SSSR count). The highest BCUT2D eigenvalue weighted by Crippen LogP contribution is 2.25. The number of nitrogens with one attached hydrogen (secondary N) is 2. The van der Waals surface area contributed by atoms with Crippen LogP contribution in [0, 0.1) is 18.6 Å². The number of rotatable bonds is 6. The second-order valence-corrected chi connectivity index (χ2v) is 8.35. The number of ether oxygens (including phenoxy) is 1. The zero-order chi connectivity index (χ0) is 23.7. The van der Waals surface area contributed by atoms with Crippen LogP contribution < -0.4 is 15.4 Å². The number of carbonyl (C=O) groups is 1. The molecule has 2 N–H and O–H groups in total. The first kappa shape index (κ1) is 21.9. The molecule has 1 unspecified atom stereocenters. The number of carbonyl (C=O) groups excluding carboxylic acids is 1. The molecule has 4 aromatic rings. The molecule has 0 spiro atoms. The summed E-state index contributed by atoms with van der Waals surface area (Å²) in [6, 6.07) is 15.4. The van der Waals surface area contributed by atoms with Gasteiger partial charge in [0.25, 0.3) is 5.91 Å². The van der Waals surface area contributed by atoms with Crippen molar-refractivity contribution in [3.63, 3.8) is 0 Å². The van der Waals surface area contributed by atoms with Gasteiger partial charge in [-0.25, -0.2) is 13.8 Å². The standard InChI is InChI=1S/C26H24F2N4O2/c1-16-24(26(33)29-14-18-12-11-17-6-2-3-9-22(17)31-18)32-13-5-10-23(25(32)30-16)34-15-19-20(27)7-4-8-21(19)28/h2-10,13,18,31H,11-12,14-15H2,1H3,(H,29,33). The van der Waals surface area contributed by atoms with Crippen molar-refractivity contribution in [2.45, 2.75) is 32.4 Å². The van der Waals surface area contributed by atoms with Crippen molar-refractivity contribution in [1.29, 1.82) is 0 Å². The van der Waals surface area contributed by atoms with Gasteiger partial charge in [-0.05, 0) is 55.7 Å². The Morgan fingerprint density at radius 1 is 1.15 bits per heavy atom. The van der Waals surface area contributed by atoms with Crippen LogP contribution in [0.25, 0.3) is 5.65 Å². The van der Waals surface area contributed by atoms with E-state index in [9.17, 15) is 13.6 Å². The summed E-state index contributed by atoms with van der Waals surface area (Å²) in [5, 5.41) is 6.49. The molecule has 1 aliphatic heterocycles. The van der Waals surface area contributed by atoms with Crippen LogP contribution in [0.15, 0.2) is 60.8 Å². The average Bonchev–Trinajstić information content (AvgIpc) is 3.18. The highest BCUT2D eigenvalue weighted by molar-refractivity contribution is 5.95. The lowest BCUT2D eigenvalue weighted by molar-refractivity contribution is 0.0945. The fourth-order valence-electron chi connectivity index (χ4n) is 4.32. The number of fused-ring (bicyclic) bond motifs is 2. The van der Waals surface area contributed by atoms with Gasteiger partial charge < -0.3 is 15.4 Å². The van der Waals surface area contributed by atoms with E-state index >= 15 is 0 Å². The van der Waals surface area contributed by atoms with Crippen molar-refractivity contribution in [2.75, 3.05) is 11.9 Å². The van der Waals surface area contributed by atoms with Crippen molar-refractivity contribution in [3.8, 4) is 5.75 Å². The van der Waals surface area contributed by atoms with Gasteiger partial charge in [-0.3, -0.25) is 9.20 Å². The zero-order valence-electron chi connectivity index (χ0n) is 18.6. The second-order valence-electron chi connectivity index (χ2n) is 8.35. The summed E-state index contributed by atoms with van der Waals surface area (Å²) >= 11 is 0. The number of hydrogen-bond acceptors (Lipinski definition) is 4. The van der Waals surface area contributed by atoms with Crippen molar-refractivity contribution >= 4 is 17.2 Å². The number of nitrogens with zero attached hydrogens (tertiary/aromatic N) is 2. The first-order valence-corrected chi connectivity index (χ1v) is 11.2. The van der Waals surface area contributed by atoms with E-state index in [1.807, 2.05) is 18.2 Å². The lowest BCUT2D eigenvalue weighted by Gasteiger charge is -2.27. The maximum atomic E-state index is 14.0. The summed E-state index contributed by atoms with van der Waals surface area (Å²) in [4.78, 5) is 17.6. The number of benzene rings is 2. The molecule has 8 heteroatoms. The van der Waals surface area contributed by atoms with Crippen LogP contribution in [0.3, 0.4) is 0 Å². The lowest BCUT2D eigenvalue weighted by Crippen LogP contribution is -2.39. The number of imidazole rings is 1. The van der Waals surface area contributed by atoms with Crippen LogP contribution in [-0.4, -0.2) is 27.9 Å². The third-order valence-corrected chi connectivity index (χ3v) is 6.09.